The first-order valence-corrected chi connectivity index (χ1v) is 7.90. The number of rotatable bonds is 7. The molecule has 2 aliphatic rings. The van der Waals surface area contributed by atoms with Crippen molar-refractivity contribution in [3.63, 3.8) is 0 Å². The second-order valence-electron chi connectivity index (χ2n) is 6.00. The Kier molecular flexibility index (Phi) is 6.57. The normalized spacial score (nSPS) is 28.4. The van der Waals surface area contributed by atoms with Gasteiger partial charge in [0.2, 0.25) is 0 Å². The van der Waals surface area contributed by atoms with Crippen molar-refractivity contribution in [3.8, 4) is 0 Å². The first kappa shape index (κ1) is 15.2. The lowest BCUT2D eigenvalue weighted by molar-refractivity contribution is -0.0250. The lowest BCUT2D eigenvalue weighted by atomic mass is 9.98. The molecule has 1 aliphatic carbocycles. The fourth-order valence-corrected chi connectivity index (χ4v) is 2.99. The fraction of sp³-hybridized carbons (Fsp3) is 1.00. The Bertz CT molecular complexity index is 238. The van der Waals surface area contributed by atoms with E-state index in [-0.39, 0.29) is 0 Å². The highest BCUT2D eigenvalue weighted by Crippen LogP contribution is 2.20. The molecule has 19 heavy (non-hydrogen) atoms. The summed E-state index contributed by atoms with van der Waals surface area (Å²) < 4.78 is 11.4. The van der Waals surface area contributed by atoms with Gasteiger partial charge >= 0.3 is 0 Å². The highest BCUT2D eigenvalue weighted by molar-refractivity contribution is 4.77. The van der Waals surface area contributed by atoms with E-state index in [1.807, 2.05) is 0 Å². The Morgan fingerprint density at radius 1 is 1.21 bits per heavy atom. The van der Waals surface area contributed by atoms with Crippen LogP contribution in [0.15, 0.2) is 0 Å². The summed E-state index contributed by atoms with van der Waals surface area (Å²) in [4.78, 5) is 0. The maximum atomic E-state index is 9.94. The van der Waals surface area contributed by atoms with E-state index >= 15 is 0 Å². The molecule has 0 bridgehead atoms. The van der Waals surface area contributed by atoms with Crippen LogP contribution in [0, 0.1) is 0 Å². The van der Waals surface area contributed by atoms with Gasteiger partial charge in [0.15, 0.2) is 0 Å². The van der Waals surface area contributed by atoms with E-state index in [1.54, 1.807) is 0 Å². The Morgan fingerprint density at radius 2 is 2.00 bits per heavy atom. The topological polar surface area (TPSA) is 50.7 Å². The minimum Gasteiger partial charge on any atom is -0.389 e. The van der Waals surface area contributed by atoms with E-state index in [2.05, 4.69) is 12.2 Å². The SMILES string of the molecule is CC(NCC(O)COC1CCCCC1)C1CCCO1. The van der Waals surface area contributed by atoms with Gasteiger partial charge in [0.25, 0.3) is 0 Å². The minimum atomic E-state index is -0.411. The monoisotopic (exact) mass is 271 g/mol. The molecule has 2 fully saturated rings. The van der Waals surface area contributed by atoms with Gasteiger partial charge in [0.1, 0.15) is 0 Å². The number of hydrogen-bond acceptors (Lipinski definition) is 4. The van der Waals surface area contributed by atoms with E-state index in [4.69, 9.17) is 9.47 Å². The molecule has 1 saturated carbocycles. The minimum absolute atomic E-state index is 0.312. The molecule has 0 spiro atoms. The Labute approximate surface area is 116 Å². The lowest BCUT2D eigenvalue weighted by Gasteiger charge is -2.25. The summed E-state index contributed by atoms with van der Waals surface area (Å²) in [5.41, 5.74) is 0. The summed E-state index contributed by atoms with van der Waals surface area (Å²) in [5.74, 6) is 0. The van der Waals surface area contributed by atoms with Gasteiger partial charge in [-0.15, -0.1) is 0 Å². The van der Waals surface area contributed by atoms with E-state index in [1.165, 1.54) is 19.3 Å². The molecule has 112 valence electrons. The predicted molar refractivity (Wildman–Crippen MR) is 75.3 cm³/mol. The first-order chi connectivity index (χ1) is 9.25. The van der Waals surface area contributed by atoms with Crippen LogP contribution in [-0.4, -0.2) is 49.2 Å². The Hall–Kier alpha value is -0.160. The van der Waals surface area contributed by atoms with Crippen LogP contribution < -0.4 is 5.32 Å². The van der Waals surface area contributed by atoms with E-state index in [0.717, 1.165) is 32.3 Å². The van der Waals surface area contributed by atoms with Crippen LogP contribution in [0.2, 0.25) is 0 Å². The van der Waals surface area contributed by atoms with Gasteiger partial charge in [0.05, 0.1) is 24.9 Å². The third-order valence-corrected chi connectivity index (χ3v) is 4.27. The molecule has 1 aliphatic heterocycles. The standard InChI is InChI=1S/C15H29NO3/c1-12(15-8-5-9-18-15)16-10-13(17)11-19-14-6-3-2-4-7-14/h12-17H,2-11H2,1H3. The van der Waals surface area contributed by atoms with Crippen molar-refractivity contribution >= 4 is 0 Å². The van der Waals surface area contributed by atoms with Crippen LogP contribution in [0.25, 0.3) is 0 Å². The van der Waals surface area contributed by atoms with Crippen LogP contribution >= 0.6 is 0 Å². The van der Waals surface area contributed by atoms with Crippen molar-refractivity contribution in [2.45, 2.75) is 76.2 Å². The first-order valence-electron chi connectivity index (χ1n) is 7.90. The van der Waals surface area contributed by atoms with Crippen LogP contribution in [0.3, 0.4) is 0 Å². The summed E-state index contributed by atoms with van der Waals surface area (Å²) >= 11 is 0. The molecule has 1 heterocycles. The molecule has 0 aromatic heterocycles. The third kappa shape index (κ3) is 5.38. The van der Waals surface area contributed by atoms with Crippen LogP contribution in [0.1, 0.15) is 51.9 Å². The molecule has 2 rings (SSSR count). The zero-order valence-corrected chi connectivity index (χ0v) is 12.1. The van der Waals surface area contributed by atoms with E-state index < -0.39 is 6.10 Å². The van der Waals surface area contributed by atoms with Crippen molar-refractivity contribution in [2.75, 3.05) is 19.8 Å². The number of hydrogen-bond donors (Lipinski definition) is 2. The summed E-state index contributed by atoms with van der Waals surface area (Å²) in [5, 5.41) is 13.3. The summed E-state index contributed by atoms with van der Waals surface area (Å²) in [6.07, 6.45) is 8.76. The Balaban J connectivity index is 1.54. The number of ether oxygens (including phenoxy) is 2. The molecule has 0 radical (unpaired) electrons. The molecular formula is C15H29NO3. The predicted octanol–water partition coefficient (Wildman–Crippen LogP) is 1.85. The van der Waals surface area contributed by atoms with Crippen molar-refractivity contribution in [2.24, 2.45) is 0 Å². The molecule has 4 heteroatoms. The number of aliphatic hydroxyl groups is 1. The van der Waals surface area contributed by atoms with Crippen LogP contribution in [-0.2, 0) is 9.47 Å². The molecular weight excluding hydrogens is 242 g/mol. The van der Waals surface area contributed by atoms with Crippen molar-refractivity contribution in [3.05, 3.63) is 0 Å². The van der Waals surface area contributed by atoms with Crippen molar-refractivity contribution < 1.29 is 14.6 Å². The summed E-state index contributed by atoms with van der Waals surface area (Å²) in [6.45, 7) is 4.05. The third-order valence-electron chi connectivity index (χ3n) is 4.27. The van der Waals surface area contributed by atoms with Crippen LogP contribution in [0.5, 0.6) is 0 Å². The molecule has 0 aromatic carbocycles. The zero-order chi connectivity index (χ0) is 13.5. The van der Waals surface area contributed by atoms with Gasteiger partial charge in [-0.2, -0.15) is 0 Å². The van der Waals surface area contributed by atoms with Crippen molar-refractivity contribution in [1.82, 2.24) is 5.32 Å². The maximum Gasteiger partial charge on any atom is 0.0897 e. The van der Waals surface area contributed by atoms with Crippen molar-refractivity contribution in [1.29, 1.82) is 0 Å². The summed E-state index contributed by atoms with van der Waals surface area (Å²) in [7, 11) is 0. The Morgan fingerprint density at radius 3 is 2.68 bits per heavy atom. The van der Waals surface area contributed by atoms with Gasteiger partial charge in [-0.25, -0.2) is 0 Å². The highest BCUT2D eigenvalue weighted by atomic mass is 16.5. The second-order valence-corrected chi connectivity index (χ2v) is 6.00. The average molecular weight is 271 g/mol. The number of nitrogens with one attached hydrogen (secondary N) is 1. The molecule has 3 unspecified atom stereocenters. The van der Waals surface area contributed by atoms with Gasteiger partial charge < -0.3 is 19.9 Å². The molecule has 0 aromatic rings. The lowest BCUT2D eigenvalue weighted by Crippen LogP contribution is -2.42. The second kappa shape index (κ2) is 8.20. The molecule has 4 nitrogen and oxygen atoms in total. The van der Waals surface area contributed by atoms with E-state index in [9.17, 15) is 5.11 Å². The van der Waals surface area contributed by atoms with Gasteiger partial charge in [-0.3, -0.25) is 0 Å². The van der Waals surface area contributed by atoms with E-state index in [0.29, 0.717) is 31.4 Å². The highest BCUT2D eigenvalue weighted by Gasteiger charge is 2.22. The quantitative estimate of drug-likeness (QED) is 0.742. The number of aliphatic hydroxyl groups excluding tert-OH is 1. The maximum absolute atomic E-state index is 9.94. The molecule has 1 saturated heterocycles. The average Bonchev–Trinajstić information content (AvgIpc) is 2.98. The molecule has 2 N–H and O–H groups in total. The van der Waals surface area contributed by atoms with Gasteiger partial charge in [0, 0.05) is 19.2 Å². The molecule has 3 atom stereocenters. The van der Waals surface area contributed by atoms with Crippen LogP contribution in [0.4, 0.5) is 0 Å². The molecule has 0 amide bonds. The zero-order valence-electron chi connectivity index (χ0n) is 12.1. The van der Waals surface area contributed by atoms with Gasteiger partial charge in [-0.1, -0.05) is 19.3 Å². The van der Waals surface area contributed by atoms with Gasteiger partial charge in [-0.05, 0) is 32.6 Å². The smallest absolute Gasteiger partial charge is 0.0897 e. The summed E-state index contributed by atoms with van der Waals surface area (Å²) in [6, 6.07) is 0.312. The largest absolute Gasteiger partial charge is 0.389 e. The fourth-order valence-electron chi connectivity index (χ4n) is 2.99.